The van der Waals surface area contributed by atoms with Gasteiger partial charge in [0.2, 0.25) is 5.88 Å². The van der Waals surface area contributed by atoms with Crippen LogP contribution in [0.3, 0.4) is 0 Å². The largest absolute Gasteiger partial charge is 0.481 e. The summed E-state index contributed by atoms with van der Waals surface area (Å²) in [6.07, 6.45) is 3.43. The molecule has 0 fully saturated rings. The summed E-state index contributed by atoms with van der Waals surface area (Å²) in [5, 5.41) is 13.5. The number of benzene rings is 1. The summed E-state index contributed by atoms with van der Waals surface area (Å²) in [7, 11) is 1.58. The summed E-state index contributed by atoms with van der Waals surface area (Å²) in [4.78, 5) is 26.2. The van der Waals surface area contributed by atoms with Gasteiger partial charge in [-0.1, -0.05) is 6.07 Å². The highest BCUT2D eigenvalue weighted by Crippen LogP contribution is 2.32. The zero-order chi connectivity index (χ0) is 24.4. The van der Waals surface area contributed by atoms with Crippen LogP contribution in [-0.2, 0) is 23.3 Å². The van der Waals surface area contributed by atoms with Crippen molar-refractivity contribution >= 4 is 16.8 Å². The normalized spacial score (nSPS) is 16.8. The fraction of sp³-hybridized carbons (Fsp3) is 0.222. The molecule has 0 unspecified atom stereocenters. The lowest BCUT2D eigenvalue weighted by molar-refractivity contribution is 0.0757. The van der Waals surface area contributed by atoms with Crippen LogP contribution in [0, 0.1) is 11.3 Å². The summed E-state index contributed by atoms with van der Waals surface area (Å²) < 4.78 is 10.8. The molecule has 1 amide bonds. The average Bonchev–Trinajstić information content (AvgIpc) is 2.91. The summed E-state index contributed by atoms with van der Waals surface area (Å²) in [5.41, 5.74) is 4.65. The molecule has 8 heteroatoms. The van der Waals surface area contributed by atoms with Crippen LogP contribution in [0.2, 0.25) is 0 Å². The van der Waals surface area contributed by atoms with E-state index in [0.29, 0.717) is 30.4 Å². The number of nitrogens with zero attached hydrogens (tertiary/aromatic N) is 4. The molecular weight excluding hydrogens is 442 g/mol. The molecular formula is C27H23N5O3. The second-order valence-electron chi connectivity index (χ2n) is 8.64. The Morgan fingerprint density at radius 2 is 2.09 bits per heavy atom. The van der Waals surface area contributed by atoms with E-state index in [1.165, 1.54) is 0 Å². The number of rotatable bonds is 5. The van der Waals surface area contributed by atoms with Gasteiger partial charge in [0.1, 0.15) is 5.41 Å². The van der Waals surface area contributed by atoms with E-state index in [1.54, 1.807) is 31.6 Å². The minimum atomic E-state index is -0.772. The molecule has 174 valence electrons. The van der Waals surface area contributed by atoms with Crippen molar-refractivity contribution in [2.24, 2.45) is 0 Å². The van der Waals surface area contributed by atoms with E-state index in [-0.39, 0.29) is 12.5 Å². The molecule has 5 rings (SSSR count). The lowest BCUT2D eigenvalue weighted by Crippen LogP contribution is -2.33. The van der Waals surface area contributed by atoms with E-state index >= 15 is 0 Å². The van der Waals surface area contributed by atoms with Crippen LogP contribution in [-0.4, -0.2) is 34.6 Å². The highest BCUT2D eigenvalue weighted by Gasteiger charge is 2.33. The Balaban J connectivity index is 1.35. The standard InChI is InChI=1S/C27H23N5O3/c1-27(15-28)16-35-14-20-4-3-18(9-22(20)27)26(33)31-13-21-11-24-19(12-30-21)5-6-23(32-24)17-7-8-29-25(10-17)34-2/h3-12H,13-14,16H2,1-2H3,(H,31,33)/t27-/m1/s1. The number of hydrogen-bond donors (Lipinski definition) is 1. The molecule has 1 aromatic carbocycles. The summed E-state index contributed by atoms with van der Waals surface area (Å²) in [6, 6.07) is 17.2. The van der Waals surface area contributed by atoms with Crippen molar-refractivity contribution in [3.05, 3.63) is 83.3 Å². The highest BCUT2D eigenvalue weighted by atomic mass is 16.5. The smallest absolute Gasteiger partial charge is 0.251 e. The van der Waals surface area contributed by atoms with Crippen LogP contribution in [0.25, 0.3) is 22.2 Å². The van der Waals surface area contributed by atoms with Crippen molar-refractivity contribution in [3.8, 4) is 23.2 Å². The first-order valence-corrected chi connectivity index (χ1v) is 11.2. The number of nitriles is 1. The van der Waals surface area contributed by atoms with Gasteiger partial charge < -0.3 is 14.8 Å². The van der Waals surface area contributed by atoms with Crippen molar-refractivity contribution in [3.63, 3.8) is 0 Å². The number of aromatic nitrogens is 3. The topological polar surface area (TPSA) is 110 Å². The zero-order valence-corrected chi connectivity index (χ0v) is 19.4. The maximum absolute atomic E-state index is 12.9. The van der Waals surface area contributed by atoms with Crippen LogP contribution >= 0.6 is 0 Å². The second-order valence-corrected chi connectivity index (χ2v) is 8.64. The first kappa shape index (κ1) is 22.4. The Bertz CT molecular complexity index is 1480. The Morgan fingerprint density at radius 3 is 2.91 bits per heavy atom. The predicted octanol–water partition coefficient (Wildman–Crippen LogP) is 3.94. The molecule has 1 aliphatic heterocycles. The van der Waals surface area contributed by atoms with Crippen LogP contribution in [0.4, 0.5) is 0 Å². The summed E-state index contributed by atoms with van der Waals surface area (Å²) >= 11 is 0. The molecule has 0 saturated heterocycles. The van der Waals surface area contributed by atoms with Crippen molar-refractivity contribution in [2.75, 3.05) is 13.7 Å². The fourth-order valence-corrected chi connectivity index (χ4v) is 4.16. The van der Waals surface area contributed by atoms with Crippen molar-refractivity contribution in [2.45, 2.75) is 25.5 Å². The van der Waals surface area contributed by atoms with Gasteiger partial charge in [-0.05, 0) is 54.4 Å². The number of pyridine rings is 3. The van der Waals surface area contributed by atoms with Gasteiger partial charge in [0.25, 0.3) is 5.91 Å². The number of amides is 1. The van der Waals surface area contributed by atoms with E-state index in [1.807, 2.05) is 43.3 Å². The van der Waals surface area contributed by atoms with Crippen molar-refractivity contribution in [1.82, 2.24) is 20.3 Å². The lowest BCUT2D eigenvalue weighted by Gasteiger charge is -2.30. The first-order chi connectivity index (χ1) is 17.0. The maximum atomic E-state index is 12.9. The number of ether oxygens (including phenoxy) is 2. The number of methoxy groups -OCH3 is 1. The molecule has 0 saturated carbocycles. The second kappa shape index (κ2) is 9.12. The van der Waals surface area contributed by atoms with E-state index in [4.69, 9.17) is 14.5 Å². The molecule has 0 bridgehead atoms. The molecule has 1 N–H and O–H groups in total. The van der Waals surface area contributed by atoms with Crippen molar-refractivity contribution in [1.29, 1.82) is 5.26 Å². The summed E-state index contributed by atoms with van der Waals surface area (Å²) in [6.45, 7) is 2.83. The first-order valence-electron chi connectivity index (χ1n) is 11.2. The minimum Gasteiger partial charge on any atom is -0.481 e. The number of nitrogens with one attached hydrogen (secondary N) is 1. The van der Waals surface area contributed by atoms with Gasteiger partial charge in [-0.15, -0.1) is 0 Å². The quantitative estimate of drug-likeness (QED) is 0.475. The predicted molar refractivity (Wildman–Crippen MR) is 130 cm³/mol. The Kier molecular flexibility index (Phi) is 5.85. The molecule has 0 spiro atoms. The average molecular weight is 466 g/mol. The van der Waals surface area contributed by atoms with Gasteiger partial charge in [-0.3, -0.25) is 9.78 Å². The van der Waals surface area contributed by atoms with Gasteiger partial charge in [0.15, 0.2) is 0 Å². The molecule has 1 aliphatic rings. The number of hydrogen-bond acceptors (Lipinski definition) is 7. The van der Waals surface area contributed by atoms with E-state index in [9.17, 15) is 10.1 Å². The van der Waals surface area contributed by atoms with Gasteiger partial charge >= 0.3 is 0 Å². The number of carbonyl (C=O) groups is 1. The molecule has 0 radical (unpaired) electrons. The molecule has 4 aromatic rings. The van der Waals surface area contributed by atoms with Gasteiger partial charge in [-0.25, -0.2) is 9.97 Å². The van der Waals surface area contributed by atoms with Crippen LogP contribution < -0.4 is 10.1 Å². The van der Waals surface area contributed by atoms with Gasteiger partial charge in [0.05, 0.1) is 49.8 Å². The van der Waals surface area contributed by atoms with Crippen LogP contribution in [0.5, 0.6) is 5.88 Å². The molecule has 0 aliphatic carbocycles. The maximum Gasteiger partial charge on any atom is 0.251 e. The Morgan fingerprint density at radius 1 is 1.20 bits per heavy atom. The van der Waals surface area contributed by atoms with E-state index in [2.05, 4.69) is 21.4 Å². The third kappa shape index (κ3) is 4.42. The fourth-order valence-electron chi connectivity index (χ4n) is 4.16. The van der Waals surface area contributed by atoms with Gasteiger partial charge in [0, 0.05) is 35.0 Å². The highest BCUT2D eigenvalue weighted by molar-refractivity contribution is 5.94. The van der Waals surface area contributed by atoms with Crippen LogP contribution in [0.15, 0.2) is 60.9 Å². The Hall–Kier alpha value is -4.35. The van der Waals surface area contributed by atoms with E-state index < -0.39 is 5.41 Å². The molecule has 3 aromatic heterocycles. The molecule has 8 nitrogen and oxygen atoms in total. The number of carbonyl (C=O) groups excluding carboxylic acids is 1. The lowest BCUT2D eigenvalue weighted by atomic mass is 9.79. The van der Waals surface area contributed by atoms with Gasteiger partial charge in [-0.2, -0.15) is 5.26 Å². The number of fused-ring (bicyclic) bond motifs is 2. The van der Waals surface area contributed by atoms with E-state index in [0.717, 1.165) is 33.3 Å². The summed E-state index contributed by atoms with van der Waals surface area (Å²) in [5.74, 6) is 0.291. The zero-order valence-electron chi connectivity index (χ0n) is 19.4. The molecule has 1 atom stereocenters. The Labute approximate surface area is 202 Å². The SMILES string of the molecule is COc1cc(-c2ccc3cnc(CNC(=O)c4ccc5c(c4)[C@](C)(C#N)COC5)cc3n2)ccn1. The third-order valence-corrected chi connectivity index (χ3v) is 6.16. The molecule has 4 heterocycles. The van der Waals surface area contributed by atoms with Crippen molar-refractivity contribution < 1.29 is 14.3 Å². The molecule has 35 heavy (non-hydrogen) atoms. The monoisotopic (exact) mass is 465 g/mol. The van der Waals surface area contributed by atoms with Crippen LogP contribution in [0.1, 0.15) is 34.1 Å². The minimum absolute atomic E-state index is 0.230. The third-order valence-electron chi connectivity index (χ3n) is 6.16.